The van der Waals surface area contributed by atoms with Crippen LogP contribution >= 0.6 is 22.2 Å². The Morgan fingerprint density at radius 1 is 0.409 bits per heavy atom. The van der Waals surface area contributed by atoms with E-state index in [0.29, 0.717) is 46.0 Å². The molecule has 6 aromatic rings. The predicted molar refractivity (Wildman–Crippen MR) is 180 cm³/mol. The third kappa shape index (κ3) is 3.18. The van der Waals surface area contributed by atoms with Crippen molar-refractivity contribution in [3.8, 4) is 0 Å². The first-order valence-corrected chi connectivity index (χ1v) is 17.6. The fourth-order valence-electron chi connectivity index (χ4n) is 6.41. The maximum absolute atomic E-state index is 7.77. The van der Waals surface area contributed by atoms with Crippen molar-refractivity contribution in [2.45, 2.75) is 7.43 Å². The molecule has 0 fully saturated rings. The van der Waals surface area contributed by atoms with E-state index < -0.39 is 7.02 Å². The monoisotopic (exact) mass is 626 g/mol. The Morgan fingerprint density at radius 3 is 1.16 bits per heavy atom. The lowest BCUT2D eigenvalue weighted by atomic mass is 10.1. The van der Waals surface area contributed by atoms with Crippen LogP contribution in [-0.4, -0.2) is 38.8 Å². The fraction of sp³-hybridized carbons (Fsp3) is 0.0303. The second-order valence-electron chi connectivity index (χ2n) is 10.6. The normalized spacial score (nSPS) is 16.4. The molecule has 0 spiro atoms. The van der Waals surface area contributed by atoms with Crippen LogP contribution in [0.4, 0.5) is 11.6 Å². The van der Waals surface area contributed by atoms with Crippen molar-refractivity contribution in [1.82, 2.24) is 8.47 Å². The quantitative estimate of drug-likeness (QED) is 0.136. The zero-order valence-corrected chi connectivity index (χ0v) is 24.6. The van der Waals surface area contributed by atoms with Crippen molar-refractivity contribution in [2.75, 3.05) is 0 Å². The Bertz CT molecular complexity index is 2390. The van der Waals surface area contributed by atoms with E-state index in [4.69, 9.17) is 52.1 Å². The maximum atomic E-state index is 7.77. The van der Waals surface area contributed by atoms with E-state index in [1.54, 1.807) is 0 Å². The number of benzene rings is 4. The van der Waals surface area contributed by atoms with Crippen molar-refractivity contribution in [3.63, 3.8) is 0 Å². The van der Waals surface area contributed by atoms with E-state index in [-0.39, 0.29) is 7.43 Å². The fourth-order valence-corrected chi connectivity index (χ4v) is 10.2. The van der Waals surface area contributed by atoms with Crippen LogP contribution in [0, 0.1) is 0 Å². The largest absolute Gasteiger partial charge is 0.483 e. The smallest absolute Gasteiger partial charge is 0.294 e. The van der Waals surface area contributed by atoms with Gasteiger partial charge in [-0.15, -0.1) is 0 Å². The molecule has 2 aromatic heterocycles. The summed E-state index contributed by atoms with van der Waals surface area (Å²) < 4.78 is 3.78. The molecular weight excluding hydrogens is 607 g/mol. The molecule has 0 N–H and O–H groups in total. The van der Waals surface area contributed by atoms with Crippen LogP contribution in [0.15, 0.2) is 127 Å². The average molecular weight is 628 g/mol. The van der Waals surface area contributed by atoms with Gasteiger partial charge in [-0.25, -0.2) is 30.0 Å². The second-order valence-corrected chi connectivity index (χ2v) is 16.3. The molecule has 8 nitrogen and oxygen atoms in total. The van der Waals surface area contributed by atoms with Crippen LogP contribution in [-0.2, 0) is 0 Å². The van der Waals surface area contributed by atoms with Crippen LogP contribution in [0.2, 0.25) is 0 Å². The SMILES string of the molecule is C.Cl[Si]1(Cl)n2c3c4ccccc4c2N=C2N=C(N=c4c5ccccc5c(n41)=NC1=NC(=N3)c3ccccc31)c1ccccc12. The number of amidine groups is 4. The molecule has 0 unspecified atom stereocenters. The highest BCUT2D eigenvalue weighted by molar-refractivity contribution is 7.44. The summed E-state index contributed by atoms with van der Waals surface area (Å²) in [5.41, 5.74) is 4.71. The third-order valence-electron chi connectivity index (χ3n) is 8.29. The standard InChI is InChI=1S/C32H16Cl2N8Si.CH4/c33-43(34)41-29-21-13-5-6-14-22(21)31(41)39-27-19-11-3-4-12-20(19)28(36-27)40-32-24-16-8-7-15-23(24)30(42(32)43)38-26-18-10-2-1-9-17(18)25(35-26)37-29;/h1-16H;1H4. The molecule has 44 heavy (non-hydrogen) atoms. The molecule has 0 amide bonds. The summed E-state index contributed by atoms with van der Waals surface area (Å²) >= 11 is 15.5. The van der Waals surface area contributed by atoms with Crippen molar-refractivity contribution in [1.29, 1.82) is 0 Å². The number of hydrogen-bond donors (Lipinski definition) is 0. The summed E-state index contributed by atoms with van der Waals surface area (Å²) in [6, 6.07) is 32.0. The predicted octanol–water partition coefficient (Wildman–Crippen LogP) is 6.49. The molecule has 4 aliphatic rings. The summed E-state index contributed by atoms with van der Waals surface area (Å²) in [5, 5.41) is 3.44. The first kappa shape index (κ1) is 25.5. The van der Waals surface area contributed by atoms with Crippen LogP contribution in [0.1, 0.15) is 29.7 Å². The summed E-state index contributed by atoms with van der Waals surface area (Å²) in [6.07, 6.45) is 0. The van der Waals surface area contributed by atoms with E-state index in [1.807, 2.05) is 106 Å². The minimum absolute atomic E-state index is 0. The maximum Gasteiger partial charge on any atom is 0.483 e. The van der Waals surface area contributed by atoms with Gasteiger partial charge in [-0.2, -0.15) is 0 Å². The molecule has 0 atom stereocenters. The Hall–Kier alpha value is -4.96. The van der Waals surface area contributed by atoms with Gasteiger partial charge in [0.15, 0.2) is 23.3 Å². The molecule has 6 bridgehead atoms. The van der Waals surface area contributed by atoms with Crippen molar-refractivity contribution >= 4 is 85.7 Å². The number of aliphatic imine (C=N–C) groups is 4. The van der Waals surface area contributed by atoms with Crippen LogP contribution < -0.4 is 11.0 Å². The zero-order valence-electron chi connectivity index (χ0n) is 22.1. The van der Waals surface area contributed by atoms with Crippen molar-refractivity contribution < 1.29 is 0 Å². The topological polar surface area (TPSA) is 84.0 Å². The van der Waals surface area contributed by atoms with Gasteiger partial charge >= 0.3 is 7.02 Å². The van der Waals surface area contributed by atoms with Gasteiger partial charge in [-0.3, -0.25) is 8.47 Å². The number of halogens is 2. The molecule has 4 aliphatic heterocycles. The first-order valence-electron chi connectivity index (χ1n) is 13.7. The molecule has 11 heteroatoms. The lowest BCUT2D eigenvalue weighted by Crippen LogP contribution is -2.51. The first-order chi connectivity index (χ1) is 21.1. The molecule has 0 saturated heterocycles. The Morgan fingerprint density at radius 2 is 0.750 bits per heavy atom. The average Bonchev–Trinajstić information content (AvgIpc) is 3.74. The molecule has 4 aromatic carbocycles. The molecule has 10 rings (SSSR count). The molecule has 0 radical (unpaired) electrons. The second kappa shape index (κ2) is 8.79. The highest BCUT2D eigenvalue weighted by Crippen LogP contribution is 2.44. The van der Waals surface area contributed by atoms with Gasteiger partial charge in [0.2, 0.25) is 0 Å². The minimum atomic E-state index is -3.85. The van der Waals surface area contributed by atoms with Gasteiger partial charge in [-0.05, 0) is 0 Å². The highest BCUT2D eigenvalue weighted by atomic mass is 35.7. The zero-order chi connectivity index (χ0) is 28.4. The number of rotatable bonds is 0. The van der Waals surface area contributed by atoms with E-state index in [2.05, 4.69) is 0 Å². The van der Waals surface area contributed by atoms with E-state index >= 15 is 0 Å². The summed E-state index contributed by atoms with van der Waals surface area (Å²) in [6.45, 7) is 0. The number of aromatic nitrogens is 2. The Kier molecular flexibility index (Phi) is 5.10. The van der Waals surface area contributed by atoms with Crippen LogP contribution in [0.3, 0.4) is 0 Å². The lowest BCUT2D eigenvalue weighted by Gasteiger charge is -2.24. The van der Waals surface area contributed by atoms with E-state index in [9.17, 15) is 0 Å². The molecule has 210 valence electrons. The highest BCUT2D eigenvalue weighted by Gasteiger charge is 2.45. The summed E-state index contributed by atoms with van der Waals surface area (Å²) in [5.74, 6) is 3.34. The molecular formula is C33H20Cl2N8Si. The van der Waals surface area contributed by atoms with Crippen LogP contribution in [0.25, 0.3) is 21.5 Å². The van der Waals surface area contributed by atoms with Crippen LogP contribution in [0.5, 0.6) is 0 Å². The molecule has 0 aliphatic carbocycles. The van der Waals surface area contributed by atoms with Gasteiger partial charge < -0.3 is 0 Å². The minimum Gasteiger partial charge on any atom is -0.294 e. The van der Waals surface area contributed by atoms with Gasteiger partial charge in [0.1, 0.15) is 22.6 Å². The van der Waals surface area contributed by atoms with Gasteiger partial charge in [-0.1, -0.05) is 127 Å². The number of fused-ring (bicyclic) bond motifs is 14. The van der Waals surface area contributed by atoms with Crippen molar-refractivity contribution in [2.24, 2.45) is 30.0 Å². The Labute approximate surface area is 261 Å². The molecule has 0 saturated carbocycles. The summed E-state index contributed by atoms with van der Waals surface area (Å²) in [4.78, 5) is 30.7. The number of nitrogens with zero attached hydrogens (tertiary/aromatic N) is 8. The van der Waals surface area contributed by atoms with E-state index in [1.165, 1.54) is 0 Å². The van der Waals surface area contributed by atoms with Gasteiger partial charge in [0.25, 0.3) is 0 Å². The van der Waals surface area contributed by atoms with Gasteiger partial charge in [0.05, 0.1) is 0 Å². The summed E-state index contributed by atoms with van der Waals surface area (Å²) in [7, 11) is -3.85. The molecule has 6 heterocycles. The third-order valence-corrected chi connectivity index (χ3v) is 12.2. The van der Waals surface area contributed by atoms with E-state index in [0.717, 1.165) is 43.8 Å². The van der Waals surface area contributed by atoms with Gasteiger partial charge in [0, 0.05) is 43.8 Å². The lowest BCUT2D eigenvalue weighted by molar-refractivity contribution is 0.973. The Balaban J connectivity index is 0.00000270. The van der Waals surface area contributed by atoms with Crippen molar-refractivity contribution in [3.05, 3.63) is 130 Å². The number of hydrogen-bond acceptors (Lipinski definition) is 6.